The maximum Gasteiger partial charge on any atom is 0.262 e. The molecule has 1 amide bonds. The number of amides is 1. The van der Waals surface area contributed by atoms with Crippen molar-refractivity contribution in [2.24, 2.45) is 17.6 Å². The molecule has 0 saturated heterocycles. The van der Waals surface area contributed by atoms with Crippen LogP contribution in [0.5, 0.6) is 0 Å². The number of nitrogens with one attached hydrogen (secondary N) is 1. The summed E-state index contributed by atoms with van der Waals surface area (Å²) >= 11 is 1.18. The standard InChI is InChI=1S/C16H25N3O3S2.ClH/c1-19(2)24(21,22)13-6-7-23-15(13)16(20)18-14-10-4-3-5-11(14)9-12(17)8-10;/h6-7,10-12,14H,3-5,8-9,17H2,1-2H3,(H,18,20);1H. The Labute approximate surface area is 159 Å². The lowest BCUT2D eigenvalue weighted by atomic mass is 9.67. The van der Waals surface area contributed by atoms with Gasteiger partial charge >= 0.3 is 0 Å². The first-order chi connectivity index (χ1) is 11.3. The molecule has 2 saturated carbocycles. The summed E-state index contributed by atoms with van der Waals surface area (Å²) in [4.78, 5) is 13.1. The van der Waals surface area contributed by atoms with Crippen LogP contribution in [0.1, 0.15) is 41.8 Å². The van der Waals surface area contributed by atoms with Gasteiger partial charge < -0.3 is 11.1 Å². The van der Waals surface area contributed by atoms with Crippen molar-refractivity contribution in [2.75, 3.05) is 14.1 Å². The van der Waals surface area contributed by atoms with Gasteiger partial charge in [0.25, 0.3) is 5.91 Å². The number of fused-ring (bicyclic) bond motifs is 2. The van der Waals surface area contributed by atoms with E-state index in [1.807, 2.05) is 0 Å². The topological polar surface area (TPSA) is 92.5 Å². The van der Waals surface area contributed by atoms with Crippen molar-refractivity contribution in [1.82, 2.24) is 9.62 Å². The molecule has 0 aliphatic heterocycles. The summed E-state index contributed by atoms with van der Waals surface area (Å²) in [5.41, 5.74) is 6.13. The zero-order valence-electron chi connectivity index (χ0n) is 14.5. The molecule has 142 valence electrons. The first kappa shape index (κ1) is 20.6. The van der Waals surface area contributed by atoms with Crippen molar-refractivity contribution in [3.05, 3.63) is 16.3 Å². The summed E-state index contributed by atoms with van der Waals surface area (Å²) in [5.74, 6) is 0.540. The summed E-state index contributed by atoms with van der Waals surface area (Å²) in [6, 6.07) is 1.84. The Morgan fingerprint density at radius 2 is 1.88 bits per heavy atom. The van der Waals surface area contributed by atoms with E-state index in [-0.39, 0.29) is 40.2 Å². The highest BCUT2D eigenvalue weighted by Crippen LogP contribution is 2.40. The van der Waals surface area contributed by atoms with E-state index in [9.17, 15) is 13.2 Å². The van der Waals surface area contributed by atoms with Crippen LogP contribution in [-0.2, 0) is 10.0 Å². The van der Waals surface area contributed by atoms with Gasteiger partial charge in [0.2, 0.25) is 10.0 Å². The Kier molecular flexibility index (Phi) is 6.54. The van der Waals surface area contributed by atoms with Crippen molar-refractivity contribution in [3.63, 3.8) is 0 Å². The van der Waals surface area contributed by atoms with Crippen LogP contribution in [-0.4, -0.2) is 44.8 Å². The molecule has 25 heavy (non-hydrogen) atoms. The first-order valence-electron chi connectivity index (χ1n) is 8.37. The number of rotatable bonds is 4. The molecule has 1 aromatic heterocycles. The predicted octanol–water partition coefficient (Wildman–Crippen LogP) is 2.06. The molecule has 2 unspecified atom stereocenters. The molecular formula is C16H26ClN3O3S2. The minimum Gasteiger partial charge on any atom is -0.348 e. The molecule has 1 aromatic rings. The highest BCUT2D eigenvalue weighted by atomic mass is 35.5. The molecule has 6 nitrogen and oxygen atoms in total. The molecule has 2 aliphatic rings. The summed E-state index contributed by atoms with van der Waals surface area (Å²) < 4.78 is 25.9. The van der Waals surface area contributed by atoms with Crippen molar-refractivity contribution >= 4 is 39.7 Å². The fourth-order valence-corrected chi connectivity index (χ4v) is 6.30. The van der Waals surface area contributed by atoms with Gasteiger partial charge in [0.15, 0.2) is 0 Å². The monoisotopic (exact) mass is 407 g/mol. The lowest BCUT2D eigenvalue weighted by Crippen LogP contribution is -2.53. The number of hydrogen-bond donors (Lipinski definition) is 2. The van der Waals surface area contributed by atoms with Gasteiger partial charge in [-0.25, -0.2) is 12.7 Å². The van der Waals surface area contributed by atoms with Gasteiger partial charge in [-0.2, -0.15) is 0 Å². The second-order valence-corrected chi connectivity index (χ2v) is 10.1. The quantitative estimate of drug-likeness (QED) is 0.798. The highest BCUT2D eigenvalue weighted by Gasteiger charge is 2.40. The molecule has 1 heterocycles. The van der Waals surface area contributed by atoms with Crippen LogP contribution < -0.4 is 11.1 Å². The third-order valence-corrected chi connectivity index (χ3v) is 8.17. The van der Waals surface area contributed by atoms with Gasteiger partial charge in [0.1, 0.15) is 9.77 Å². The smallest absolute Gasteiger partial charge is 0.262 e. The molecular weight excluding hydrogens is 382 g/mol. The Morgan fingerprint density at radius 3 is 2.44 bits per heavy atom. The fourth-order valence-electron chi connectivity index (χ4n) is 4.10. The third-order valence-electron chi connectivity index (χ3n) is 5.27. The van der Waals surface area contributed by atoms with E-state index >= 15 is 0 Å². The van der Waals surface area contributed by atoms with Gasteiger partial charge in [0.05, 0.1) is 0 Å². The lowest BCUT2D eigenvalue weighted by molar-refractivity contribution is 0.0757. The van der Waals surface area contributed by atoms with Crippen LogP contribution in [0.25, 0.3) is 0 Å². The maximum atomic E-state index is 12.8. The number of sulfonamides is 1. The number of nitrogens with two attached hydrogens (primary N) is 1. The Hall–Kier alpha value is -0.670. The molecule has 0 aromatic carbocycles. The second kappa shape index (κ2) is 7.92. The minimum absolute atomic E-state index is 0. The predicted molar refractivity (Wildman–Crippen MR) is 102 cm³/mol. The molecule has 0 radical (unpaired) electrons. The Balaban J connectivity index is 0.00000225. The number of nitrogens with zero attached hydrogens (tertiary/aromatic N) is 1. The first-order valence-corrected chi connectivity index (χ1v) is 10.7. The maximum absolute atomic E-state index is 12.8. The second-order valence-electron chi connectivity index (χ2n) is 7.08. The molecule has 2 fully saturated rings. The van der Waals surface area contributed by atoms with Crippen molar-refractivity contribution in [2.45, 2.75) is 49.1 Å². The molecule has 2 bridgehead atoms. The molecule has 3 N–H and O–H groups in total. The summed E-state index contributed by atoms with van der Waals surface area (Å²) in [5, 5.41) is 4.78. The van der Waals surface area contributed by atoms with Crippen LogP contribution in [0.4, 0.5) is 0 Å². The summed E-state index contributed by atoms with van der Waals surface area (Å²) in [6.45, 7) is 0. The number of carbonyl (C=O) groups excluding carboxylic acids is 1. The average molecular weight is 408 g/mol. The zero-order valence-corrected chi connectivity index (χ0v) is 16.9. The summed E-state index contributed by atoms with van der Waals surface area (Å²) in [7, 11) is -0.667. The van der Waals surface area contributed by atoms with Gasteiger partial charge in [0, 0.05) is 26.2 Å². The van der Waals surface area contributed by atoms with Crippen LogP contribution in [0.2, 0.25) is 0 Å². The summed E-state index contributed by atoms with van der Waals surface area (Å²) in [6.07, 6.45) is 5.24. The van der Waals surface area contributed by atoms with Gasteiger partial charge in [-0.05, 0) is 49.0 Å². The number of carbonyl (C=O) groups is 1. The van der Waals surface area contributed by atoms with E-state index in [2.05, 4.69) is 5.32 Å². The average Bonchev–Trinajstić information content (AvgIpc) is 2.98. The van der Waals surface area contributed by atoms with Crippen LogP contribution in [0, 0.1) is 11.8 Å². The number of halogens is 1. The van der Waals surface area contributed by atoms with E-state index in [4.69, 9.17) is 5.73 Å². The molecule has 3 rings (SSSR count). The molecule has 2 aliphatic carbocycles. The van der Waals surface area contributed by atoms with E-state index in [0.717, 1.165) is 30.0 Å². The van der Waals surface area contributed by atoms with E-state index in [1.165, 1.54) is 37.9 Å². The van der Waals surface area contributed by atoms with Crippen molar-refractivity contribution in [3.8, 4) is 0 Å². The SMILES string of the molecule is CN(C)S(=O)(=O)c1ccsc1C(=O)NC1C2CCCC1CC(N)C2.Cl. The van der Waals surface area contributed by atoms with Crippen LogP contribution >= 0.6 is 23.7 Å². The highest BCUT2D eigenvalue weighted by molar-refractivity contribution is 7.89. The van der Waals surface area contributed by atoms with Crippen molar-refractivity contribution in [1.29, 1.82) is 0 Å². The Morgan fingerprint density at radius 1 is 1.28 bits per heavy atom. The lowest BCUT2D eigenvalue weighted by Gasteiger charge is -2.45. The van der Waals surface area contributed by atoms with Gasteiger partial charge in [-0.3, -0.25) is 4.79 Å². The Bertz CT molecular complexity index is 706. The third kappa shape index (κ3) is 4.03. The van der Waals surface area contributed by atoms with E-state index in [1.54, 1.807) is 5.38 Å². The number of thiophene rings is 1. The van der Waals surface area contributed by atoms with Gasteiger partial charge in [-0.1, -0.05) is 6.42 Å². The molecule has 2 atom stereocenters. The van der Waals surface area contributed by atoms with Gasteiger partial charge in [-0.15, -0.1) is 23.7 Å². The zero-order chi connectivity index (χ0) is 17.5. The van der Waals surface area contributed by atoms with E-state index < -0.39 is 10.0 Å². The van der Waals surface area contributed by atoms with Crippen LogP contribution in [0.15, 0.2) is 16.3 Å². The van der Waals surface area contributed by atoms with E-state index in [0.29, 0.717) is 11.8 Å². The largest absolute Gasteiger partial charge is 0.348 e. The van der Waals surface area contributed by atoms with Crippen molar-refractivity contribution < 1.29 is 13.2 Å². The van der Waals surface area contributed by atoms with Crippen LogP contribution in [0.3, 0.4) is 0 Å². The number of hydrogen-bond acceptors (Lipinski definition) is 5. The normalized spacial score (nSPS) is 29.1. The molecule has 9 heteroatoms. The fraction of sp³-hybridized carbons (Fsp3) is 0.688. The molecule has 0 spiro atoms. The minimum atomic E-state index is -3.61.